The molecule has 1 heterocycles. The highest BCUT2D eigenvalue weighted by atomic mass is 16.2. The fraction of sp³-hybridized carbons (Fsp3) is 0.286. The van der Waals surface area contributed by atoms with Gasteiger partial charge in [-0.25, -0.2) is 0 Å². The van der Waals surface area contributed by atoms with Gasteiger partial charge in [-0.05, 0) is 24.6 Å². The topological polar surface area (TPSA) is 44.1 Å². The molecule has 84 valence electrons. The van der Waals surface area contributed by atoms with E-state index in [1.807, 2.05) is 19.1 Å². The van der Waals surface area contributed by atoms with Gasteiger partial charge >= 0.3 is 0 Å². The molecule has 0 saturated carbocycles. The Morgan fingerprint density at radius 3 is 2.88 bits per heavy atom. The molecule has 0 spiro atoms. The summed E-state index contributed by atoms with van der Waals surface area (Å²) in [4.78, 5) is 13.5. The summed E-state index contributed by atoms with van der Waals surface area (Å²) in [5.74, 6) is 2.55. The van der Waals surface area contributed by atoms with Crippen LogP contribution in [0.2, 0.25) is 0 Å². The highest BCUT2D eigenvalue weighted by Gasteiger charge is 2.30. The zero-order valence-corrected chi connectivity index (χ0v) is 9.60. The molecule has 1 aromatic carbocycles. The number of benzene rings is 1. The van der Waals surface area contributed by atoms with Gasteiger partial charge in [-0.1, -0.05) is 6.07 Å². The van der Waals surface area contributed by atoms with Crippen molar-refractivity contribution in [2.45, 2.75) is 13.3 Å². The van der Waals surface area contributed by atoms with Crippen LogP contribution in [-0.4, -0.2) is 12.5 Å². The molecule has 0 radical (unpaired) electrons. The average molecular weight is 224 g/mol. The van der Waals surface area contributed by atoms with Crippen molar-refractivity contribution in [1.29, 1.82) is 5.26 Å². The van der Waals surface area contributed by atoms with Crippen LogP contribution in [0.5, 0.6) is 0 Å². The highest BCUT2D eigenvalue weighted by molar-refractivity contribution is 5.97. The summed E-state index contributed by atoms with van der Waals surface area (Å²) < 4.78 is 0. The van der Waals surface area contributed by atoms with Gasteiger partial charge in [0, 0.05) is 18.9 Å². The minimum Gasteiger partial charge on any atom is -0.310 e. The van der Waals surface area contributed by atoms with Crippen molar-refractivity contribution in [3.63, 3.8) is 0 Å². The van der Waals surface area contributed by atoms with E-state index in [1.165, 1.54) is 0 Å². The second-order valence-electron chi connectivity index (χ2n) is 4.20. The van der Waals surface area contributed by atoms with Crippen LogP contribution in [-0.2, 0) is 4.79 Å². The molecule has 0 aliphatic carbocycles. The van der Waals surface area contributed by atoms with Gasteiger partial charge in [-0.2, -0.15) is 5.26 Å². The Hall–Kier alpha value is -2.26. The number of hydrogen-bond acceptors (Lipinski definition) is 2. The lowest BCUT2D eigenvalue weighted by Gasteiger charge is -2.17. The Kier molecular flexibility index (Phi) is 2.85. The van der Waals surface area contributed by atoms with Crippen LogP contribution >= 0.6 is 0 Å². The Labute approximate surface area is 101 Å². The lowest BCUT2D eigenvalue weighted by Crippen LogP contribution is -2.25. The minimum atomic E-state index is -0.0467. The number of nitrogens with zero attached hydrogens (tertiary/aromatic N) is 2. The number of carbonyl (C=O) groups excluding carboxylic acids is 1. The summed E-state index contributed by atoms with van der Waals surface area (Å²) in [5, 5.41) is 9.05. The molecule has 0 N–H and O–H groups in total. The van der Waals surface area contributed by atoms with Crippen LogP contribution in [0.4, 0.5) is 5.69 Å². The highest BCUT2D eigenvalue weighted by Crippen LogP contribution is 2.28. The van der Waals surface area contributed by atoms with Gasteiger partial charge in [0.1, 0.15) is 6.07 Å². The summed E-state index contributed by atoms with van der Waals surface area (Å²) >= 11 is 0. The predicted octanol–water partition coefficient (Wildman–Crippen LogP) is 1.85. The van der Waals surface area contributed by atoms with Crippen molar-refractivity contribution in [2.75, 3.05) is 11.4 Å². The first kappa shape index (κ1) is 11.2. The molecule has 1 aliphatic heterocycles. The van der Waals surface area contributed by atoms with E-state index >= 15 is 0 Å². The molecule has 1 aliphatic rings. The molecule has 1 fully saturated rings. The molecule has 17 heavy (non-hydrogen) atoms. The summed E-state index contributed by atoms with van der Waals surface area (Å²) in [7, 11) is 0. The number of carbonyl (C=O) groups is 1. The largest absolute Gasteiger partial charge is 0.310 e. The van der Waals surface area contributed by atoms with Crippen molar-refractivity contribution in [3.05, 3.63) is 29.3 Å². The lowest BCUT2D eigenvalue weighted by molar-refractivity contribution is -0.117. The van der Waals surface area contributed by atoms with Crippen molar-refractivity contribution in [2.24, 2.45) is 5.92 Å². The second kappa shape index (κ2) is 4.31. The lowest BCUT2D eigenvalue weighted by atomic mass is 10.1. The predicted molar refractivity (Wildman–Crippen MR) is 65.2 cm³/mol. The summed E-state index contributed by atoms with van der Waals surface area (Å²) in [6, 6.07) is 7.56. The second-order valence-corrected chi connectivity index (χ2v) is 4.20. The van der Waals surface area contributed by atoms with Gasteiger partial charge in [0.2, 0.25) is 5.91 Å². The number of rotatable bonds is 1. The summed E-state index contributed by atoms with van der Waals surface area (Å²) in [6.07, 6.45) is 5.71. The SMILES string of the molecule is C#CC1CC(=O)N(c2cc(C)ccc2C#N)C1. The van der Waals surface area contributed by atoms with Crippen LogP contribution in [0.15, 0.2) is 18.2 Å². The number of amides is 1. The number of aryl methyl sites for hydroxylation is 1. The Morgan fingerprint density at radius 2 is 2.29 bits per heavy atom. The Balaban J connectivity index is 2.42. The molecule has 0 aromatic heterocycles. The smallest absolute Gasteiger partial charge is 0.228 e. The summed E-state index contributed by atoms with van der Waals surface area (Å²) in [5.41, 5.74) is 2.22. The molecule has 3 nitrogen and oxygen atoms in total. The molecule has 1 saturated heterocycles. The first-order valence-corrected chi connectivity index (χ1v) is 5.43. The van der Waals surface area contributed by atoms with E-state index in [-0.39, 0.29) is 11.8 Å². The fourth-order valence-corrected chi connectivity index (χ4v) is 2.01. The van der Waals surface area contributed by atoms with Gasteiger partial charge in [0.15, 0.2) is 0 Å². The molecular formula is C14H12N2O. The standard InChI is InChI=1S/C14H12N2O/c1-3-11-7-14(17)16(9-11)13-6-10(2)4-5-12(13)8-15/h1,4-6,11H,7,9H2,2H3. The minimum absolute atomic E-state index is 0.00458. The molecule has 2 rings (SSSR count). The average Bonchev–Trinajstić information content (AvgIpc) is 2.70. The maximum absolute atomic E-state index is 11.8. The molecule has 1 amide bonds. The molecule has 3 heteroatoms. The third-order valence-corrected chi connectivity index (χ3v) is 2.93. The molecule has 0 bridgehead atoms. The molecular weight excluding hydrogens is 212 g/mol. The zero-order chi connectivity index (χ0) is 12.4. The van der Waals surface area contributed by atoms with Crippen LogP contribution in [0.25, 0.3) is 0 Å². The maximum Gasteiger partial charge on any atom is 0.228 e. The van der Waals surface area contributed by atoms with Gasteiger partial charge < -0.3 is 4.90 Å². The van der Waals surface area contributed by atoms with Crippen LogP contribution in [0, 0.1) is 36.5 Å². The zero-order valence-electron chi connectivity index (χ0n) is 9.60. The number of nitriles is 1. The number of terminal acetylenes is 1. The number of hydrogen-bond donors (Lipinski definition) is 0. The van der Waals surface area contributed by atoms with E-state index in [1.54, 1.807) is 11.0 Å². The van der Waals surface area contributed by atoms with E-state index in [9.17, 15) is 4.79 Å². The fourth-order valence-electron chi connectivity index (χ4n) is 2.01. The van der Waals surface area contributed by atoms with E-state index in [0.717, 1.165) is 5.56 Å². The van der Waals surface area contributed by atoms with E-state index in [2.05, 4.69) is 12.0 Å². The summed E-state index contributed by atoms with van der Waals surface area (Å²) in [6.45, 7) is 2.44. The van der Waals surface area contributed by atoms with Gasteiger partial charge in [-0.15, -0.1) is 12.3 Å². The van der Waals surface area contributed by atoms with Crippen LogP contribution in [0.1, 0.15) is 17.5 Å². The Morgan fingerprint density at radius 1 is 1.53 bits per heavy atom. The molecule has 1 aromatic rings. The van der Waals surface area contributed by atoms with E-state index < -0.39 is 0 Å². The van der Waals surface area contributed by atoms with E-state index in [4.69, 9.17) is 11.7 Å². The third-order valence-electron chi connectivity index (χ3n) is 2.93. The quantitative estimate of drug-likeness (QED) is 0.683. The van der Waals surface area contributed by atoms with Crippen molar-refractivity contribution < 1.29 is 4.79 Å². The Bertz CT molecular complexity index is 548. The van der Waals surface area contributed by atoms with Crippen LogP contribution in [0.3, 0.4) is 0 Å². The maximum atomic E-state index is 11.8. The van der Waals surface area contributed by atoms with Crippen LogP contribution < -0.4 is 4.90 Å². The van der Waals surface area contributed by atoms with Gasteiger partial charge in [0.25, 0.3) is 0 Å². The van der Waals surface area contributed by atoms with E-state index in [0.29, 0.717) is 24.2 Å². The molecule has 1 atom stereocenters. The van der Waals surface area contributed by atoms with Crippen molar-refractivity contribution in [1.82, 2.24) is 0 Å². The first-order chi connectivity index (χ1) is 8.15. The third kappa shape index (κ3) is 2.00. The number of anilines is 1. The van der Waals surface area contributed by atoms with Gasteiger partial charge in [0.05, 0.1) is 11.3 Å². The van der Waals surface area contributed by atoms with Crippen molar-refractivity contribution in [3.8, 4) is 18.4 Å². The first-order valence-electron chi connectivity index (χ1n) is 5.43. The molecule has 1 unspecified atom stereocenters. The monoisotopic (exact) mass is 224 g/mol. The van der Waals surface area contributed by atoms with Gasteiger partial charge in [-0.3, -0.25) is 4.79 Å². The van der Waals surface area contributed by atoms with Crippen molar-refractivity contribution >= 4 is 11.6 Å². The normalized spacial score (nSPS) is 18.9.